The Bertz CT molecular complexity index is 480. The zero-order chi connectivity index (χ0) is 14.8. The minimum Gasteiger partial charge on any atom is -0.591 e. The minimum absolute atomic E-state index is 0.340. The maximum absolute atomic E-state index is 13.6. The Kier molecular flexibility index (Phi) is 4.63. The fourth-order valence-electron chi connectivity index (χ4n) is 1.13. The Morgan fingerprint density at radius 1 is 1.21 bits per heavy atom. The van der Waals surface area contributed by atoms with Crippen LogP contribution in [0, 0.1) is 5.82 Å². The van der Waals surface area contributed by atoms with Gasteiger partial charge in [-0.3, -0.25) is 0 Å². The van der Waals surface area contributed by atoms with Gasteiger partial charge in [-0.2, -0.15) is 13.2 Å². The van der Waals surface area contributed by atoms with Crippen molar-refractivity contribution < 1.29 is 22.1 Å². The summed E-state index contributed by atoms with van der Waals surface area (Å²) in [4.78, 5) is 0. The smallest absolute Gasteiger partial charge is 0.419 e. The third-order valence-corrected chi connectivity index (χ3v) is 3.49. The van der Waals surface area contributed by atoms with Crippen LogP contribution in [-0.4, -0.2) is 15.5 Å². The number of hydrogen-bond donors (Lipinski definition) is 0. The summed E-state index contributed by atoms with van der Waals surface area (Å²) in [5, 5.41) is 0. The fraction of sp³-hybridized carbons (Fsp3) is 0.417. The van der Waals surface area contributed by atoms with Gasteiger partial charge < -0.3 is 4.55 Å². The molecule has 0 amide bonds. The third-order valence-electron chi connectivity index (χ3n) is 2.15. The lowest BCUT2D eigenvalue weighted by atomic mass is 10.1. The van der Waals surface area contributed by atoms with Gasteiger partial charge in [0.2, 0.25) is 0 Å². The van der Waals surface area contributed by atoms with Crippen LogP contribution >= 0.6 is 0 Å². The van der Waals surface area contributed by atoms with Gasteiger partial charge in [0.05, 0.1) is 11.8 Å². The molecule has 106 valence electrons. The molecule has 0 aliphatic rings. The van der Waals surface area contributed by atoms with Gasteiger partial charge in [0, 0.05) is 5.56 Å². The standard InChI is InChI=1S/C12H13F4NOS/c1-11(2,3)19(18)17-7-8-5-4-6-9(10(8)13)12(14,15)16/h4-7H,1-3H3/b17-7+/t19-/m1/s1. The maximum Gasteiger partial charge on any atom is 0.419 e. The van der Waals surface area contributed by atoms with E-state index < -0.39 is 33.7 Å². The van der Waals surface area contributed by atoms with E-state index in [9.17, 15) is 22.1 Å². The molecule has 1 aromatic carbocycles. The Balaban J connectivity index is 3.08. The van der Waals surface area contributed by atoms with Crippen LogP contribution in [-0.2, 0) is 17.5 Å². The van der Waals surface area contributed by atoms with Crippen molar-refractivity contribution in [3.05, 3.63) is 35.1 Å². The monoisotopic (exact) mass is 295 g/mol. The summed E-state index contributed by atoms with van der Waals surface area (Å²) < 4.78 is 65.6. The molecule has 0 spiro atoms. The number of hydrogen-bond acceptors (Lipinski definition) is 2. The summed E-state index contributed by atoms with van der Waals surface area (Å²) in [6, 6.07) is 2.87. The molecule has 19 heavy (non-hydrogen) atoms. The van der Waals surface area contributed by atoms with E-state index in [2.05, 4.69) is 4.40 Å². The molecular weight excluding hydrogens is 282 g/mol. The van der Waals surface area contributed by atoms with Crippen molar-refractivity contribution in [1.82, 2.24) is 0 Å². The summed E-state index contributed by atoms with van der Waals surface area (Å²) in [6.07, 6.45) is -3.90. The molecule has 0 fully saturated rings. The summed E-state index contributed by atoms with van der Waals surface area (Å²) in [5.41, 5.74) is -1.70. The number of benzene rings is 1. The van der Waals surface area contributed by atoms with E-state index in [1.54, 1.807) is 20.8 Å². The van der Waals surface area contributed by atoms with Crippen molar-refractivity contribution in [3.63, 3.8) is 0 Å². The number of alkyl halides is 3. The van der Waals surface area contributed by atoms with Crippen molar-refractivity contribution in [2.75, 3.05) is 0 Å². The largest absolute Gasteiger partial charge is 0.591 e. The van der Waals surface area contributed by atoms with Gasteiger partial charge in [-0.05, 0) is 26.8 Å². The van der Waals surface area contributed by atoms with Crippen molar-refractivity contribution in [2.45, 2.75) is 31.7 Å². The highest BCUT2D eigenvalue weighted by atomic mass is 32.2. The average molecular weight is 295 g/mol. The molecule has 2 nitrogen and oxygen atoms in total. The van der Waals surface area contributed by atoms with Gasteiger partial charge in [0.1, 0.15) is 21.9 Å². The molecule has 0 saturated heterocycles. The first kappa shape index (κ1) is 16.0. The van der Waals surface area contributed by atoms with E-state index in [1.807, 2.05) is 0 Å². The lowest BCUT2D eigenvalue weighted by molar-refractivity contribution is -0.140. The van der Waals surface area contributed by atoms with Crippen molar-refractivity contribution >= 4 is 17.6 Å². The Hall–Kier alpha value is -1.08. The van der Waals surface area contributed by atoms with Crippen LogP contribution in [0.15, 0.2) is 22.6 Å². The van der Waals surface area contributed by atoms with Gasteiger partial charge in [-0.1, -0.05) is 16.5 Å². The normalized spacial score (nSPS) is 14.9. The van der Waals surface area contributed by atoms with E-state index in [0.717, 1.165) is 18.3 Å². The number of halogens is 4. The van der Waals surface area contributed by atoms with E-state index in [-0.39, 0.29) is 5.56 Å². The van der Waals surface area contributed by atoms with Gasteiger partial charge in [-0.15, -0.1) is 0 Å². The molecule has 0 aliphatic carbocycles. The molecule has 1 rings (SSSR count). The van der Waals surface area contributed by atoms with Gasteiger partial charge in [0.15, 0.2) is 0 Å². The van der Waals surface area contributed by atoms with Crippen LogP contribution in [0.4, 0.5) is 17.6 Å². The fourth-order valence-corrected chi connectivity index (χ4v) is 1.66. The molecule has 1 atom stereocenters. The molecule has 0 bridgehead atoms. The van der Waals surface area contributed by atoms with Crippen LogP contribution in [0.3, 0.4) is 0 Å². The van der Waals surface area contributed by atoms with Crippen molar-refractivity contribution in [2.24, 2.45) is 4.40 Å². The maximum atomic E-state index is 13.6. The highest BCUT2D eigenvalue weighted by Gasteiger charge is 2.34. The molecule has 7 heteroatoms. The molecular formula is C12H13F4NOS. The molecule has 0 heterocycles. The topological polar surface area (TPSA) is 35.4 Å². The highest BCUT2D eigenvalue weighted by molar-refractivity contribution is 7.91. The van der Waals surface area contributed by atoms with Crippen LogP contribution in [0.2, 0.25) is 0 Å². The average Bonchev–Trinajstić information content (AvgIpc) is 2.24. The lowest BCUT2D eigenvalue weighted by Crippen LogP contribution is -2.25. The Morgan fingerprint density at radius 3 is 2.26 bits per heavy atom. The third kappa shape index (κ3) is 4.21. The van der Waals surface area contributed by atoms with Gasteiger partial charge >= 0.3 is 6.18 Å². The molecule has 0 unspecified atom stereocenters. The molecule has 0 radical (unpaired) electrons. The van der Waals surface area contributed by atoms with E-state index in [4.69, 9.17) is 0 Å². The van der Waals surface area contributed by atoms with Crippen LogP contribution in [0.1, 0.15) is 31.9 Å². The first-order chi connectivity index (χ1) is 8.53. The van der Waals surface area contributed by atoms with Gasteiger partial charge in [0.25, 0.3) is 0 Å². The zero-order valence-corrected chi connectivity index (χ0v) is 11.4. The van der Waals surface area contributed by atoms with Crippen LogP contribution in [0.25, 0.3) is 0 Å². The molecule has 0 saturated carbocycles. The SMILES string of the molecule is CC(C)(C)[S@@+]([O-])/N=C/c1cccc(C(F)(F)F)c1F. The van der Waals surface area contributed by atoms with Crippen LogP contribution < -0.4 is 0 Å². The second kappa shape index (κ2) is 5.50. The second-order valence-electron chi connectivity index (χ2n) is 4.80. The summed E-state index contributed by atoms with van der Waals surface area (Å²) in [5.74, 6) is -1.41. The predicted octanol–water partition coefficient (Wildman–Crippen LogP) is 3.73. The van der Waals surface area contributed by atoms with Crippen molar-refractivity contribution in [3.8, 4) is 0 Å². The highest BCUT2D eigenvalue weighted by Crippen LogP contribution is 2.32. The summed E-state index contributed by atoms with van der Waals surface area (Å²) in [6.45, 7) is 4.97. The molecule has 0 aromatic heterocycles. The summed E-state index contributed by atoms with van der Waals surface area (Å²) >= 11 is -1.65. The molecule has 0 aliphatic heterocycles. The Labute approximate surface area is 111 Å². The first-order valence-corrected chi connectivity index (χ1v) is 6.46. The minimum atomic E-state index is -4.77. The van der Waals surface area contributed by atoms with Gasteiger partial charge in [-0.25, -0.2) is 4.39 Å². The van der Waals surface area contributed by atoms with Crippen molar-refractivity contribution in [1.29, 1.82) is 0 Å². The van der Waals surface area contributed by atoms with E-state index >= 15 is 0 Å². The number of rotatable bonds is 2. The zero-order valence-electron chi connectivity index (χ0n) is 10.6. The Morgan fingerprint density at radius 2 is 1.79 bits per heavy atom. The second-order valence-corrected chi connectivity index (χ2v) is 6.74. The van der Waals surface area contributed by atoms with Crippen LogP contribution in [0.5, 0.6) is 0 Å². The molecule has 1 aromatic rings. The molecule has 0 N–H and O–H groups in total. The van der Waals surface area contributed by atoms with E-state index in [0.29, 0.717) is 6.07 Å². The first-order valence-electron chi connectivity index (χ1n) is 5.35. The lowest BCUT2D eigenvalue weighted by Gasteiger charge is -2.17. The number of nitrogens with zero attached hydrogens (tertiary/aromatic N) is 1. The quantitative estimate of drug-likeness (QED) is 0.465. The summed E-state index contributed by atoms with van der Waals surface area (Å²) in [7, 11) is 0. The van der Waals surface area contributed by atoms with E-state index in [1.165, 1.54) is 0 Å². The predicted molar refractivity (Wildman–Crippen MR) is 66.9 cm³/mol.